The van der Waals surface area contributed by atoms with Crippen LogP contribution in [0.3, 0.4) is 0 Å². The maximum atomic E-state index is 11.3. The number of aliphatic hydroxyl groups is 1. The third-order valence-electron chi connectivity index (χ3n) is 2.71. The Morgan fingerprint density at radius 2 is 2.16 bits per heavy atom. The third kappa shape index (κ3) is 2.67. The molecule has 0 amide bonds. The van der Waals surface area contributed by atoms with Gasteiger partial charge in [-0.2, -0.15) is 0 Å². The average Bonchev–Trinajstić information content (AvgIpc) is 2.70. The molecule has 2 rings (SSSR count). The molecule has 2 aromatic rings. The number of aliphatic imine (C=N–C) groups is 1. The van der Waals surface area contributed by atoms with Gasteiger partial charge in [0, 0.05) is 13.3 Å². The molecule has 0 fully saturated rings. The van der Waals surface area contributed by atoms with Crippen molar-refractivity contribution in [3.05, 3.63) is 29.5 Å². The summed E-state index contributed by atoms with van der Waals surface area (Å²) in [6, 6.07) is 5.42. The van der Waals surface area contributed by atoms with Gasteiger partial charge in [0.25, 0.3) is 0 Å². The minimum absolute atomic E-state index is 0.0446. The van der Waals surface area contributed by atoms with Gasteiger partial charge in [-0.1, -0.05) is 5.21 Å². The fraction of sp³-hybridized carbons (Fsp3) is 0.231. The van der Waals surface area contributed by atoms with Crippen LogP contribution in [-0.2, 0) is 11.8 Å². The van der Waals surface area contributed by atoms with Crippen LogP contribution in [0.25, 0.3) is 11.0 Å². The van der Waals surface area contributed by atoms with Gasteiger partial charge in [0.15, 0.2) is 5.78 Å². The van der Waals surface area contributed by atoms with Crippen molar-refractivity contribution in [2.24, 2.45) is 12.0 Å². The highest BCUT2D eigenvalue weighted by Gasteiger charge is 2.05. The van der Waals surface area contributed by atoms with Crippen LogP contribution < -0.4 is 0 Å². The van der Waals surface area contributed by atoms with E-state index in [-0.39, 0.29) is 17.1 Å². The first kappa shape index (κ1) is 12.9. The molecular weight excluding hydrogens is 244 g/mol. The Kier molecular flexibility index (Phi) is 3.41. The highest BCUT2D eigenvalue weighted by atomic mass is 16.3. The molecule has 6 heteroatoms. The van der Waals surface area contributed by atoms with Crippen LogP contribution in [-0.4, -0.2) is 32.1 Å². The van der Waals surface area contributed by atoms with Crippen LogP contribution in [0.5, 0.6) is 0 Å². The zero-order valence-corrected chi connectivity index (χ0v) is 11.0. The van der Waals surface area contributed by atoms with Crippen molar-refractivity contribution in [3.8, 4) is 0 Å². The van der Waals surface area contributed by atoms with Gasteiger partial charge in [-0.05, 0) is 32.0 Å². The van der Waals surface area contributed by atoms with Gasteiger partial charge in [-0.25, -0.2) is 4.68 Å². The van der Waals surface area contributed by atoms with E-state index in [9.17, 15) is 9.90 Å². The van der Waals surface area contributed by atoms with Crippen molar-refractivity contribution >= 4 is 28.7 Å². The van der Waals surface area contributed by atoms with Crippen LogP contribution in [0, 0.1) is 0 Å². The third-order valence-corrected chi connectivity index (χ3v) is 2.71. The van der Waals surface area contributed by atoms with E-state index in [0.29, 0.717) is 5.69 Å². The molecule has 0 radical (unpaired) electrons. The van der Waals surface area contributed by atoms with E-state index < -0.39 is 0 Å². The number of aliphatic hydroxyl groups excluding tert-OH is 1. The molecular formula is C13H14N4O2. The Balaban J connectivity index is 2.36. The van der Waals surface area contributed by atoms with Gasteiger partial charge in [-0.3, -0.25) is 9.79 Å². The summed E-state index contributed by atoms with van der Waals surface area (Å²) < 4.78 is 1.67. The summed E-state index contributed by atoms with van der Waals surface area (Å²) in [6.07, 6.45) is 1.36. The summed E-state index contributed by atoms with van der Waals surface area (Å²) in [5.74, 6) is -0.277. The monoisotopic (exact) mass is 258 g/mol. The molecule has 1 aromatic carbocycles. The SMILES string of the molecule is CC(=O)/C(C=Nc1ccc2c(c1)nnn2C)=C(/C)O. The molecule has 1 N–H and O–H groups in total. The molecule has 0 spiro atoms. The first-order chi connectivity index (χ1) is 8.99. The molecule has 0 aliphatic heterocycles. The van der Waals surface area contributed by atoms with Gasteiger partial charge < -0.3 is 5.11 Å². The number of rotatable bonds is 3. The number of carbonyl (C=O) groups is 1. The van der Waals surface area contributed by atoms with E-state index >= 15 is 0 Å². The number of hydrogen-bond donors (Lipinski definition) is 1. The summed E-state index contributed by atoms with van der Waals surface area (Å²) in [5.41, 5.74) is 2.47. The standard InChI is InChI=1S/C13H14N4O2/c1-8(18)11(9(2)19)7-14-10-4-5-13-12(6-10)15-16-17(13)3/h4-7,18H,1-3H3/b11-8-,14-7?. The number of hydrogen-bond acceptors (Lipinski definition) is 5. The average molecular weight is 258 g/mol. The smallest absolute Gasteiger partial charge is 0.164 e. The van der Waals surface area contributed by atoms with Crippen molar-refractivity contribution in [2.45, 2.75) is 13.8 Å². The summed E-state index contributed by atoms with van der Waals surface area (Å²) >= 11 is 0. The van der Waals surface area contributed by atoms with Crippen LogP contribution >= 0.6 is 0 Å². The van der Waals surface area contributed by atoms with Crippen molar-refractivity contribution < 1.29 is 9.90 Å². The Morgan fingerprint density at radius 3 is 2.79 bits per heavy atom. The van der Waals surface area contributed by atoms with E-state index in [1.165, 1.54) is 20.1 Å². The van der Waals surface area contributed by atoms with E-state index in [1.807, 2.05) is 13.1 Å². The zero-order chi connectivity index (χ0) is 14.0. The highest BCUT2D eigenvalue weighted by molar-refractivity contribution is 6.13. The van der Waals surface area contributed by atoms with Crippen LogP contribution in [0.15, 0.2) is 34.5 Å². The Bertz CT molecular complexity index is 694. The lowest BCUT2D eigenvalue weighted by Gasteiger charge is -1.98. The summed E-state index contributed by atoms with van der Waals surface area (Å²) in [7, 11) is 1.81. The minimum Gasteiger partial charge on any atom is -0.512 e. The lowest BCUT2D eigenvalue weighted by molar-refractivity contribution is -0.113. The molecule has 1 aromatic heterocycles. The number of nitrogens with zero attached hydrogens (tertiary/aromatic N) is 4. The molecule has 0 atom stereocenters. The van der Waals surface area contributed by atoms with Crippen molar-refractivity contribution in [3.63, 3.8) is 0 Å². The first-order valence-electron chi connectivity index (χ1n) is 5.73. The quantitative estimate of drug-likeness (QED) is 0.519. The molecule has 0 saturated heterocycles. The van der Waals surface area contributed by atoms with Gasteiger partial charge in [0.05, 0.1) is 16.8 Å². The number of allylic oxidation sites excluding steroid dienone is 2. The number of carbonyl (C=O) groups excluding carboxylic acids is 1. The summed E-state index contributed by atoms with van der Waals surface area (Å²) in [5, 5.41) is 17.3. The van der Waals surface area contributed by atoms with Gasteiger partial charge in [-0.15, -0.1) is 5.10 Å². The fourth-order valence-electron chi connectivity index (χ4n) is 1.69. The fourth-order valence-corrected chi connectivity index (χ4v) is 1.69. The van der Waals surface area contributed by atoms with Gasteiger partial charge >= 0.3 is 0 Å². The number of aromatic nitrogens is 3. The number of ketones is 1. The molecule has 0 aliphatic rings. The number of fused-ring (bicyclic) bond motifs is 1. The van der Waals surface area contributed by atoms with Crippen LogP contribution in [0.4, 0.5) is 5.69 Å². The molecule has 1 heterocycles. The number of benzene rings is 1. The van der Waals surface area contributed by atoms with E-state index in [2.05, 4.69) is 15.3 Å². The number of aryl methyl sites for hydroxylation is 1. The second kappa shape index (κ2) is 5.01. The maximum absolute atomic E-state index is 11.3. The highest BCUT2D eigenvalue weighted by Crippen LogP contribution is 2.19. The van der Waals surface area contributed by atoms with Crippen molar-refractivity contribution in [1.29, 1.82) is 0 Å². The molecule has 0 saturated carbocycles. The van der Waals surface area contributed by atoms with E-state index in [4.69, 9.17) is 0 Å². The molecule has 0 aliphatic carbocycles. The predicted octanol–water partition coefficient (Wildman–Crippen LogP) is 2.09. The van der Waals surface area contributed by atoms with Crippen molar-refractivity contribution in [1.82, 2.24) is 15.0 Å². The molecule has 19 heavy (non-hydrogen) atoms. The molecule has 6 nitrogen and oxygen atoms in total. The second-order valence-corrected chi connectivity index (χ2v) is 4.20. The van der Waals surface area contributed by atoms with E-state index in [0.717, 1.165) is 11.0 Å². The lowest BCUT2D eigenvalue weighted by atomic mass is 10.2. The number of Topliss-reactive ketones (excluding diaryl/α,β-unsaturated/α-hetero) is 1. The Morgan fingerprint density at radius 1 is 1.42 bits per heavy atom. The topological polar surface area (TPSA) is 80.4 Å². The Labute approximate surface area is 110 Å². The maximum Gasteiger partial charge on any atom is 0.164 e. The largest absolute Gasteiger partial charge is 0.512 e. The molecule has 0 unspecified atom stereocenters. The predicted molar refractivity (Wildman–Crippen MR) is 72.7 cm³/mol. The first-order valence-corrected chi connectivity index (χ1v) is 5.73. The lowest BCUT2D eigenvalue weighted by Crippen LogP contribution is -2.01. The molecule has 98 valence electrons. The van der Waals surface area contributed by atoms with Gasteiger partial charge in [0.2, 0.25) is 0 Å². The zero-order valence-electron chi connectivity index (χ0n) is 11.0. The van der Waals surface area contributed by atoms with Crippen molar-refractivity contribution in [2.75, 3.05) is 0 Å². The Hall–Kier alpha value is -2.50. The molecule has 0 bridgehead atoms. The van der Waals surface area contributed by atoms with Crippen LogP contribution in [0.1, 0.15) is 13.8 Å². The van der Waals surface area contributed by atoms with Gasteiger partial charge in [0.1, 0.15) is 11.3 Å². The summed E-state index contributed by atoms with van der Waals surface area (Å²) in [4.78, 5) is 15.5. The van der Waals surface area contributed by atoms with E-state index in [1.54, 1.807) is 16.8 Å². The van der Waals surface area contributed by atoms with Crippen LogP contribution in [0.2, 0.25) is 0 Å². The normalized spacial score (nSPS) is 13.0. The minimum atomic E-state index is -0.232. The second-order valence-electron chi connectivity index (χ2n) is 4.20. The summed E-state index contributed by atoms with van der Waals surface area (Å²) in [6.45, 7) is 2.83.